The van der Waals surface area contributed by atoms with Crippen LogP contribution in [-0.2, 0) is 0 Å². The van der Waals surface area contributed by atoms with Crippen molar-refractivity contribution in [3.8, 4) is 11.5 Å². The van der Waals surface area contributed by atoms with E-state index in [1.54, 1.807) is 19.2 Å². The molecule has 0 aromatic heterocycles. The Morgan fingerprint density at radius 1 is 1.20 bits per heavy atom. The molecule has 132 valence electrons. The Balaban J connectivity index is 1.52. The van der Waals surface area contributed by atoms with Gasteiger partial charge in [-0.1, -0.05) is 18.2 Å². The number of ether oxygens (including phenoxy) is 2. The van der Waals surface area contributed by atoms with E-state index >= 15 is 0 Å². The highest BCUT2D eigenvalue weighted by molar-refractivity contribution is 5.38. The first-order valence-electron chi connectivity index (χ1n) is 8.42. The van der Waals surface area contributed by atoms with E-state index in [1.165, 1.54) is 30.5 Å². The highest BCUT2D eigenvalue weighted by Crippen LogP contribution is 2.41. The van der Waals surface area contributed by atoms with Crippen molar-refractivity contribution >= 4 is 5.69 Å². The van der Waals surface area contributed by atoms with Crippen molar-refractivity contribution in [1.82, 2.24) is 5.32 Å². The van der Waals surface area contributed by atoms with Gasteiger partial charge in [-0.3, -0.25) is 10.1 Å². The first kappa shape index (κ1) is 17.2. The molecule has 6 heteroatoms. The Morgan fingerprint density at radius 3 is 2.60 bits per heavy atom. The lowest BCUT2D eigenvalue weighted by atomic mass is 10.0. The number of methoxy groups -OCH3 is 1. The molecule has 0 amide bonds. The van der Waals surface area contributed by atoms with Crippen molar-refractivity contribution in [2.24, 2.45) is 5.92 Å². The van der Waals surface area contributed by atoms with Gasteiger partial charge in [0.25, 0.3) is 5.69 Å². The molecule has 0 spiro atoms. The number of rotatable bonds is 9. The number of nitro benzene ring substituents is 1. The Morgan fingerprint density at radius 2 is 1.96 bits per heavy atom. The predicted molar refractivity (Wildman–Crippen MR) is 95.1 cm³/mol. The quantitative estimate of drug-likeness (QED) is 0.427. The predicted octanol–water partition coefficient (Wildman–Crippen LogP) is 3.72. The third-order valence-electron chi connectivity index (χ3n) is 4.33. The largest absolute Gasteiger partial charge is 0.497 e. The van der Waals surface area contributed by atoms with E-state index in [2.05, 4.69) is 17.4 Å². The summed E-state index contributed by atoms with van der Waals surface area (Å²) in [6.45, 7) is 1.14. The van der Waals surface area contributed by atoms with Gasteiger partial charge < -0.3 is 14.8 Å². The lowest BCUT2D eigenvalue weighted by molar-refractivity contribution is -0.384. The first-order valence-corrected chi connectivity index (χ1v) is 8.42. The normalized spacial score (nSPS) is 14.8. The van der Waals surface area contributed by atoms with Gasteiger partial charge in [-0.05, 0) is 42.5 Å². The van der Waals surface area contributed by atoms with Gasteiger partial charge in [0.1, 0.15) is 18.1 Å². The van der Waals surface area contributed by atoms with Crippen LogP contribution in [0.3, 0.4) is 0 Å². The second-order valence-corrected chi connectivity index (χ2v) is 6.15. The average Bonchev–Trinajstić information content (AvgIpc) is 3.47. The van der Waals surface area contributed by atoms with Gasteiger partial charge in [-0.2, -0.15) is 0 Å². The van der Waals surface area contributed by atoms with Crippen LogP contribution in [0, 0.1) is 16.0 Å². The summed E-state index contributed by atoms with van der Waals surface area (Å²) in [6.07, 6.45) is 2.46. The molecule has 0 heterocycles. The van der Waals surface area contributed by atoms with E-state index in [9.17, 15) is 10.1 Å². The Kier molecular flexibility index (Phi) is 5.50. The lowest BCUT2D eigenvalue weighted by Gasteiger charge is -2.19. The number of benzene rings is 2. The van der Waals surface area contributed by atoms with Crippen LogP contribution in [0.4, 0.5) is 5.69 Å². The van der Waals surface area contributed by atoms with E-state index in [-0.39, 0.29) is 5.69 Å². The van der Waals surface area contributed by atoms with Crippen LogP contribution in [0.2, 0.25) is 0 Å². The van der Waals surface area contributed by atoms with Crippen LogP contribution in [0.25, 0.3) is 0 Å². The second kappa shape index (κ2) is 7.98. The SMILES string of the molecule is COc1ccc(C(NCCOc2cccc([N+](=O)[O-])c2)C2CC2)cc1. The van der Waals surface area contributed by atoms with Gasteiger partial charge >= 0.3 is 0 Å². The zero-order valence-electron chi connectivity index (χ0n) is 14.2. The standard InChI is InChI=1S/C19H22N2O4/c1-24-17-9-7-15(8-10-17)19(14-5-6-14)20-11-12-25-18-4-2-3-16(13-18)21(22)23/h2-4,7-10,13-14,19-20H,5-6,11-12H2,1H3. The minimum atomic E-state index is -0.419. The van der Waals surface area contributed by atoms with E-state index < -0.39 is 4.92 Å². The van der Waals surface area contributed by atoms with Crippen molar-refractivity contribution < 1.29 is 14.4 Å². The van der Waals surface area contributed by atoms with Gasteiger partial charge in [-0.15, -0.1) is 0 Å². The molecule has 6 nitrogen and oxygen atoms in total. The third-order valence-corrected chi connectivity index (χ3v) is 4.33. The molecule has 0 bridgehead atoms. The summed E-state index contributed by atoms with van der Waals surface area (Å²) in [5, 5.41) is 14.3. The van der Waals surface area contributed by atoms with Crippen LogP contribution in [0.15, 0.2) is 48.5 Å². The van der Waals surface area contributed by atoms with Gasteiger partial charge in [0.2, 0.25) is 0 Å². The number of nitrogens with one attached hydrogen (secondary N) is 1. The molecule has 2 aromatic rings. The van der Waals surface area contributed by atoms with Crippen LogP contribution in [0.5, 0.6) is 11.5 Å². The number of non-ortho nitro benzene ring substituents is 1. The first-order chi connectivity index (χ1) is 12.2. The number of hydrogen-bond acceptors (Lipinski definition) is 5. The summed E-state index contributed by atoms with van der Waals surface area (Å²) in [7, 11) is 1.66. The van der Waals surface area contributed by atoms with Crippen molar-refractivity contribution in [3.05, 3.63) is 64.2 Å². The maximum absolute atomic E-state index is 10.8. The summed E-state index contributed by atoms with van der Waals surface area (Å²) < 4.78 is 10.8. The smallest absolute Gasteiger partial charge is 0.273 e. The summed E-state index contributed by atoms with van der Waals surface area (Å²) in [4.78, 5) is 10.4. The maximum atomic E-state index is 10.8. The lowest BCUT2D eigenvalue weighted by Crippen LogP contribution is -2.27. The fraction of sp³-hybridized carbons (Fsp3) is 0.368. The van der Waals surface area contributed by atoms with Crippen molar-refractivity contribution in [3.63, 3.8) is 0 Å². The van der Waals surface area contributed by atoms with Gasteiger partial charge in [0.15, 0.2) is 0 Å². The average molecular weight is 342 g/mol. The van der Waals surface area contributed by atoms with Crippen LogP contribution < -0.4 is 14.8 Å². The molecule has 1 aliphatic rings. The van der Waals surface area contributed by atoms with Crippen LogP contribution in [0.1, 0.15) is 24.4 Å². The molecular formula is C19H22N2O4. The van der Waals surface area contributed by atoms with Gasteiger partial charge in [0, 0.05) is 18.7 Å². The summed E-state index contributed by atoms with van der Waals surface area (Å²) >= 11 is 0. The highest BCUT2D eigenvalue weighted by Gasteiger charge is 2.31. The highest BCUT2D eigenvalue weighted by atomic mass is 16.6. The van der Waals surface area contributed by atoms with Crippen molar-refractivity contribution in [2.75, 3.05) is 20.3 Å². The Hall–Kier alpha value is -2.60. The molecule has 2 aromatic carbocycles. The molecule has 0 radical (unpaired) electrons. The molecule has 1 N–H and O–H groups in total. The molecule has 1 fully saturated rings. The molecule has 1 atom stereocenters. The summed E-state index contributed by atoms with van der Waals surface area (Å²) in [5.74, 6) is 2.03. The van der Waals surface area contributed by atoms with E-state index in [4.69, 9.17) is 9.47 Å². The van der Waals surface area contributed by atoms with Crippen LogP contribution >= 0.6 is 0 Å². The fourth-order valence-corrected chi connectivity index (χ4v) is 2.87. The second-order valence-electron chi connectivity index (χ2n) is 6.15. The molecule has 0 aliphatic heterocycles. The van der Waals surface area contributed by atoms with Crippen molar-refractivity contribution in [1.29, 1.82) is 0 Å². The molecule has 0 saturated heterocycles. The summed E-state index contributed by atoms with van der Waals surface area (Å²) in [6, 6.07) is 14.7. The molecule has 25 heavy (non-hydrogen) atoms. The zero-order chi connectivity index (χ0) is 17.6. The van der Waals surface area contributed by atoms with Gasteiger partial charge in [0.05, 0.1) is 18.1 Å². The minimum absolute atomic E-state index is 0.0412. The third kappa shape index (κ3) is 4.70. The van der Waals surface area contributed by atoms with E-state index in [0.29, 0.717) is 30.9 Å². The fourth-order valence-electron chi connectivity index (χ4n) is 2.87. The number of hydrogen-bond donors (Lipinski definition) is 1. The summed E-state index contributed by atoms with van der Waals surface area (Å²) in [5.41, 5.74) is 1.29. The molecular weight excluding hydrogens is 320 g/mol. The number of nitro groups is 1. The Labute approximate surface area is 146 Å². The van der Waals surface area contributed by atoms with E-state index in [0.717, 1.165) is 5.75 Å². The Bertz CT molecular complexity index is 714. The van der Waals surface area contributed by atoms with Crippen LogP contribution in [-0.4, -0.2) is 25.2 Å². The number of nitrogens with zero attached hydrogens (tertiary/aromatic N) is 1. The minimum Gasteiger partial charge on any atom is -0.497 e. The van der Waals surface area contributed by atoms with Crippen molar-refractivity contribution in [2.45, 2.75) is 18.9 Å². The van der Waals surface area contributed by atoms with E-state index in [1.807, 2.05) is 12.1 Å². The molecule has 3 rings (SSSR count). The monoisotopic (exact) mass is 342 g/mol. The molecule has 1 aliphatic carbocycles. The molecule has 1 saturated carbocycles. The topological polar surface area (TPSA) is 73.6 Å². The molecule has 1 unspecified atom stereocenters. The zero-order valence-corrected chi connectivity index (χ0v) is 14.2. The van der Waals surface area contributed by atoms with Gasteiger partial charge in [-0.25, -0.2) is 0 Å². The maximum Gasteiger partial charge on any atom is 0.273 e.